The molecule has 10 aromatic rings. The summed E-state index contributed by atoms with van der Waals surface area (Å²) < 4.78 is 2.57. The van der Waals surface area contributed by atoms with Crippen molar-refractivity contribution in [3.8, 4) is 45.3 Å². The summed E-state index contributed by atoms with van der Waals surface area (Å²) in [4.78, 5) is 15.4. The fourth-order valence-electron chi connectivity index (χ4n) is 7.08. The lowest BCUT2D eigenvalue weighted by Gasteiger charge is -2.12. The Labute approximate surface area is 286 Å². The van der Waals surface area contributed by atoms with Gasteiger partial charge in [0, 0.05) is 42.2 Å². The second-order valence-corrected chi connectivity index (χ2v) is 13.5. The Kier molecular flexibility index (Phi) is 6.36. The van der Waals surface area contributed by atoms with Crippen LogP contribution in [0.25, 0.3) is 97.8 Å². The van der Waals surface area contributed by atoms with Crippen LogP contribution in [0.5, 0.6) is 0 Å². The predicted molar refractivity (Wildman–Crippen MR) is 207 cm³/mol. The second kappa shape index (κ2) is 11.2. The highest BCUT2D eigenvalue weighted by molar-refractivity contribution is 7.27. The van der Waals surface area contributed by atoms with Crippen LogP contribution in [0, 0.1) is 0 Å². The molecule has 0 unspecified atom stereocenters. The van der Waals surface area contributed by atoms with Gasteiger partial charge in [-0.2, -0.15) is 0 Å². The van der Waals surface area contributed by atoms with E-state index in [4.69, 9.17) is 15.0 Å². The van der Waals surface area contributed by atoms with E-state index in [9.17, 15) is 0 Å². The van der Waals surface area contributed by atoms with Gasteiger partial charge in [-0.25, -0.2) is 15.0 Å². The molecule has 49 heavy (non-hydrogen) atoms. The lowest BCUT2D eigenvalue weighted by molar-refractivity contribution is 1.08. The van der Waals surface area contributed by atoms with Crippen LogP contribution < -0.4 is 0 Å². The fourth-order valence-corrected chi connectivity index (χ4v) is 8.31. The van der Waals surface area contributed by atoms with Gasteiger partial charge in [0.25, 0.3) is 0 Å². The molecule has 8 aromatic carbocycles. The van der Waals surface area contributed by atoms with Gasteiger partial charge in [0.1, 0.15) is 0 Å². The van der Waals surface area contributed by atoms with Gasteiger partial charge < -0.3 is 0 Å². The Balaban J connectivity index is 1.18. The lowest BCUT2D eigenvalue weighted by Crippen LogP contribution is -2.00. The summed E-state index contributed by atoms with van der Waals surface area (Å²) in [7, 11) is 0. The molecule has 2 heterocycles. The molecular weight excluding hydrogens is 615 g/mol. The predicted octanol–water partition coefficient (Wildman–Crippen LogP) is 12.4. The molecule has 0 aliphatic heterocycles. The quantitative estimate of drug-likeness (QED) is 0.192. The average Bonchev–Trinajstić information content (AvgIpc) is 3.57. The van der Waals surface area contributed by atoms with Crippen molar-refractivity contribution in [3.05, 3.63) is 164 Å². The topological polar surface area (TPSA) is 38.7 Å². The minimum absolute atomic E-state index is 0.652. The van der Waals surface area contributed by atoms with Crippen LogP contribution in [0.4, 0.5) is 0 Å². The molecule has 0 saturated heterocycles. The summed E-state index contributed by atoms with van der Waals surface area (Å²) in [5.74, 6) is 1.97. The molecule has 0 N–H and O–H groups in total. The summed E-state index contributed by atoms with van der Waals surface area (Å²) >= 11 is 1.86. The molecule has 0 atom stereocenters. The summed E-state index contributed by atoms with van der Waals surface area (Å²) in [6.07, 6.45) is 0. The van der Waals surface area contributed by atoms with Crippen LogP contribution >= 0.6 is 11.3 Å². The zero-order valence-electron chi connectivity index (χ0n) is 26.3. The summed E-state index contributed by atoms with van der Waals surface area (Å²) in [5.41, 5.74) is 5.24. The number of benzene rings is 8. The highest BCUT2D eigenvalue weighted by atomic mass is 32.1. The van der Waals surface area contributed by atoms with Crippen LogP contribution in [0.3, 0.4) is 0 Å². The second-order valence-electron chi connectivity index (χ2n) is 12.4. The number of aromatic nitrogens is 3. The summed E-state index contributed by atoms with van der Waals surface area (Å²) in [6.45, 7) is 0. The molecule has 3 nitrogen and oxygen atoms in total. The highest BCUT2D eigenvalue weighted by Crippen LogP contribution is 2.44. The lowest BCUT2D eigenvalue weighted by atomic mass is 9.97. The zero-order chi connectivity index (χ0) is 32.3. The first-order valence-corrected chi connectivity index (χ1v) is 17.3. The maximum atomic E-state index is 5.21. The molecule has 228 valence electrons. The molecule has 0 aliphatic rings. The number of nitrogens with zero attached hydrogens (tertiary/aromatic N) is 3. The molecule has 0 amide bonds. The highest BCUT2D eigenvalue weighted by Gasteiger charge is 2.19. The third-order valence-electron chi connectivity index (χ3n) is 9.50. The van der Waals surface area contributed by atoms with Gasteiger partial charge in [0.2, 0.25) is 0 Å². The smallest absolute Gasteiger partial charge is 0.164 e. The third-order valence-corrected chi connectivity index (χ3v) is 10.7. The van der Waals surface area contributed by atoms with Crippen LogP contribution in [-0.2, 0) is 0 Å². The van der Waals surface area contributed by atoms with Gasteiger partial charge in [-0.3, -0.25) is 0 Å². The molecule has 0 saturated carbocycles. The molecule has 4 heteroatoms. The van der Waals surface area contributed by atoms with Crippen LogP contribution in [0.2, 0.25) is 0 Å². The summed E-state index contributed by atoms with van der Waals surface area (Å²) in [5, 5.41) is 9.83. The maximum absolute atomic E-state index is 5.21. The van der Waals surface area contributed by atoms with E-state index < -0.39 is 0 Å². The van der Waals surface area contributed by atoms with E-state index in [0.717, 1.165) is 27.6 Å². The van der Waals surface area contributed by atoms with Gasteiger partial charge in [-0.15, -0.1) is 11.3 Å². The first-order valence-electron chi connectivity index (χ1n) is 16.4. The number of hydrogen-bond donors (Lipinski definition) is 0. The van der Waals surface area contributed by atoms with Crippen molar-refractivity contribution in [2.75, 3.05) is 0 Å². The van der Waals surface area contributed by atoms with Crippen LogP contribution in [-0.4, -0.2) is 15.0 Å². The van der Waals surface area contributed by atoms with E-state index in [2.05, 4.69) is 146 Å². The van der Waals surface area contributed by atoms with Crippen molar-refractivity contribution in [3.63, 3.8) is 0 Å². The molecule has 0 radical (unpaired) electrons. The van der Waals surface area contributed by atoms with E-state index in [1.54, 1.807) is 0 Å². The molecule has 2 aromatic heterocycles. The van der Waals surface area contributed by atoms with Gasteiger partial charge >= 0.3 is 0 Å². The number of thiophene rings is 1. The van der Waals surface area contributed by atoms with Gasteiger partial charge in [0.15, 0.2) is 17.5 Å². The van der Waals surface area contributed by atoms with Crippen molar-refractivity contribution >= 4 is 63.8 Å². The largest absolute Gasteiger partial charge is 0.208 e. The van der Waals surface area contributed by atoms with E-state index in [0.29, 0.717) is 17.5 Å². The molecular formula is C45H27N3S. The first kappa shape index (κ1) is 27.8. The normalized spacial score (nSPS) is 11.7. The van der Waals surface area contributed by atoms with E-state index in [1.165, 1.54) is 52.7 Å². The molecule has 0 spiro atoms. The Hall–Kier alpha value is -6.23. The minimum Gasteiger partial charge on any atom is -0.208 e. The number of hydrogen-bond acceptors (Lipinski definition) is 4. The van der Waals surface area contributed by atoms with Gasteiger partial charge in [-0.1, -0.05) is 146 Å². The Morgan fingerprint density at radius 1 is 0.347 bits per heavy atom. The standard InChI is InChI=1S/C45H27N3S/c1-2-12-31(13-3-1)43-46-44(32-21-18-29(19-22-32)34-23-20-28-10-4-5-14-33(28)26-34)48-45(47-43)38-27-39-41-35-15-7-6-11-30(35)24-25-40(41)49-42(39)37-17-9-8-16-36(37)38/h1-27H. The Morgan fingerprint density at radius 3 is 1.71 bits per heavy atom. The first-order chi connectivity index (χ1) is 24.3. The average molecular weight is 642 g/mol. The van der Waals surface area contributed by atoms with E-state index in [1.807, 2.05) is 29.5 Å². The van der Waals surface area contributed by atoms with Crippen molar-refractivity contribution in [1.82, 2.24) is 15.0 Å². The van der Waals surface area contributed by atoms with Gasteiger partial charge in [-0.05, 0) is 56.3 Å². The number of fused-ring (bicyclic) bond motifs is 8. The zero-order valence-corrected chi connectivity index (χ0v) is 27.2. The van der Waals surface area contributed by atoms with Crippen molar-refractivity contribution < 1.29 is 0 Å². The van der Waals surface area contributed by atoms with Crippen LogP contribution in [0.1, 0.15) is 0 Å². The maximum Gasteiger partial charge on any atom is 0.164 e. The fraction of sp³-hybridized carbons (Fsp3) is 0. The molecule has 0 fully saturated rings. The SMILES string of the molecule is c1ccc(-c2nc(-c3ccc(-c4ccc5ccccc5c4)cc3)nc(-c3cc4c(sc5ccc6ccccc6c54)c4ccccc34)n2)cc1. The summed E-state index contributed by atoms with van der Waals surface area (Å²) in [6, 6.07) is 57.9. The molecule has 10 rings (SSSR count). The third kappa shape index (κ3) is 4.68. The van der Waals surface area contributed by atoms with Gasteiger partial charge in [0.05, 0.1) is 0 Å². The van der Waals surface area contributed by atoms with Crippen LogP contribution in [0.15, 0.2) is 164 Å². The monoisotopic (exact) mass is 641 g/mol. The minimum atomic E-state index is 0.652. The van der Waals surface area contributed by atoms with E-state index in [-0.39, 0.29) is 0 Å². The van der Waals surface area contributed by atoms with Crippen molar-refractivity contribution in [2.45, 2.75) is 0 Å². The van der Waals surface area contributed by atoms with Crippen molar-refractivity contribution in [1.29, 1.82) is 0 Å². The Morgan fingerprint density at radius 2 is 0.918 bits per heavy atom. The molecule has 0 aliphatic carbocycles. The molecule has 0 bridgehead atoms. The van der Waals surface area contributed by atoms with Crippen molar-refractivity contribution in [2.24, 2.45) is 0 Å². The Bertz CT molecular complexity index is 2870. The number of rotatable bonds is 4. The van der Waals surface area contributed by atoms with E-state index >= 15 is 0 Å².